The fourth-order valence-electron chi connectivity index (χ4n) is 9.11. The Labute approximate surface area is 548 Å². The monoisotopic (exact) mass is 1400 g/mol. The number of rotatable bonds is 15. The molecule has 0 saturated carbocycles. The van der Waals surface area contributed by atoms with Gasteiger partial charge >= 0.3 is 5.97 Å². The van der Waals surface area contributed by atoms with Gasteiger partial charge in [-0.3, -0.25) is 9.59 Å². The highest BCUT2D eigenvalue weighted by Gasteiger charge is 2.28. The van der Waals surface area contributed by atoms with Crippen LogP contribution in [0, 0.1) is 17.5 Å². The number of amides is 2. The lowest BCUT2D eigenvalue weighted by Gasteiger charge is -2.23. The lowest BCUT2D eigenvalue weighted by molar-refractivity contribution is 0.0690. The van der Waals surface area contributed by atoms with E-state index in [0.717, 1.165) is 65.5 Å². The fraction of sp³-hybridized carbons (Fsp3) is 0.308. The quantitative estimate of drug-likeness (QED) is 0.0637. The number of nitrogens with two attached hydrogens (primary N) is 3. The van der Waals surface area contributed by atoms with Crippen LogP contribution in [0.15, 0.2) is 126 Å². The largest absolute Gasteiger partial charge is 0.482 e. The summed E-state index contributed by atoms with van der Waals surface area (Å²) in [5.74, 6) is 0.370. The van der Waals surface area contributed by atoms with Crippen molar-refractivity contribution in [2.75, 3.05) is 38.3 Å². The van der Waals surface area contributed by atoms with Crippen LogP contribution in [0.5, 0.6) is 17.2 Å². The zero-order valence-corrected chi connectivity index (χ0v) is 53.8. The summed E-state index contributed by atoms with van der Waals surface area (Å²) < 4.78 is 76.0. The molecule has 6 aromatic heterocycles. The Morgan fingerprint density at radius 2 is 1.25 bits per heavy atom. The Morgan fingerprint density at radius 1 is 0.728 bits per heavy atom. The van der Waals surface area contributed by atoms with E-state index in [1.54, 1.807) is 65.5 Å². The maximum absolute atomic E-state index is 14.0. The molecule has 10 rings (SSSR count). The predicted octanol–water partition coefficient (Wildman–Crippen LogP) is 13.9. The van der Waals surface area contributed by atoms with Gasteiger partial charge in [-0.05, 0) is 152 Å². The van der Waals surface area contributed by atoms with E-state index in [1.807, 2.05) is 33.0 Å². The average Bonchev–Trinajstić information content (AvgIpc) is 1.42. The van der Waals surface area contributed by atoms with E-state index >= 15 is 0 Å². The maximum atomic E-state index is 14.0. The number of carbonyl (C=O) groups excluding carboxylic acids is 2. The number of aromatic carboxylic acids is 1. The van der Waals surface area contributed by atoms with Gasteiger partial charge in [0.25, 0.3) is 11.8 Å². The molecular weight excluding hydrogens is 1330 g/mol. The van der Waals surface area contributed by atoms with Crippen molar-refractivity contribution in [1.82, 2.24) is 45.5 Å². The highest BCUT2D eigenvalue weighted by Crippen LogP contribution is 2.37. The number of ether oxygens (including phenoxy) is 3. The Kier molecular flexibility index (Phi) is 26.8. The molecule has 27 heteroatoms. The van der Waals surface area contributed by atoms with E-state index < -0.39 is 41.7 Å². The van der Waals surface area contributed by atoms with Crippen LogP contribution < -0.4 is 36.7 Å². The third-order valence-electron chi connectivity index (χ3n) is 13.8. The van der Waals surface area contributed by atoms with Crippen LogP contribution in [-0.2, 0) is 38.9 Å². The van der Waals surface area contributed by atoms with Crippen molar-refractivity contribution in [3.8, 4) is 28.4 Å². The molecule has 2 amide bonds. The lowest BCUT2D eigenvalue weighted by Crippen LogP contribution is -2.28. The third kappa shape index (κ3) is 18.9. The van der Waals surface area contributed by atoms with Gasteiger partial charge in [-0.1, -0.05) is 51.1 Å². The van der Waals surface area contributed by atoms with E-state index in [9.17, 15) is 27.6 Å². The highest BCUT2D eigenvalue weighted by molar-refractivity contribution is 9.10. The van der Waals surface area contributed by atoms with Crippen LogP contribution in [-0.4, -0.2) is 84.3 Å². The van der Waals surface area contributed by atoms with E-state index in [0.29, 0.717) is 60.6 Å². The van der Waals surface area contributed by atoms with Crippen LogP contribution >= 0.6 is 31.9 Å². The van der Waals surface area contributed by atoms with Crippen molar-refractivity contribution in [3.05, 3.63) is 198 Å². The summed E-state index contributed by atoms with van der Waals surface area (Å²) in [6.45, 7) is 12.3. The molecule has 1 aliphatic heterocycles. The number of nitrogens with zero attached hydrogens (tertiary/aromatic N) is 8. The summed E-state index contributed by atoms with van der Waals surface area (Å²) in [5.41, 5.74) is 23.4. The topological polar surface area (TPSA) is 312 Å². The number of benzene rings is 3. The molecule has 3 aromatic carbocycles. The Morgan fingerprint density at radius 3 is 1.79 bits per heavy atom. The molecule has 0 fully saturated rings. The second-order valence-electron chi connectivity index (χ2n) is 20.4. The first kappa shape index (κ1) is 73.4. The fourth-order valence-corrected chi connectivity index (χ4v) is 9.73. The van der Waals surface area contributed by atoms with Gasteiger partial charge in [0, 0.05) is 87.1 Å². The van der Waals surface area contributed by atoms with Gasteiger partial charge in [-0.15, -0.1) is 0 Å². The molecule has 92 heavy (non-hydrogen) atoms. The molecule has 3 atom stereocenters. The summed E-state index contributed by atoms with van der Waals surface area (Å²) in [6, 6.07) is 20.3. The van der Waals surface area contributed by atoms with Crippen LogP contribution in [0.1, 0.15) is 157 Å². The van der Waals surface area contributed by atoms with Gasteiger partial charge in [0.15, 0.2) is 52.0 Å². The predicted molar refractivity (Wildman–Crippen MR) is 349 cm³/mol. The van der Waals surface area contributed by atoms with Crippen molar-refractivity contribution in [2.45, 2.75) is 114 Å². The van der Waals surface area contributed by atoms with E-state index in [-0.39, 0.29) is 74.1 Å². The number of carboxylic acids is 1. The molecule has 490 valence electrons. The van der Waals surface area contributed by atoms with Crippen molar-refractivity contribution in [1.29, 1.82) is 0 Å². The molecule has 7 heterocycles. The number of aryl methyl sites for hydroxylation is 3. The number of anilines is 3. The molecule has 9 aromatic rings. The lowest BCUT2D eigenvalue weighted by atomic mass is 10.00. The number of hydrogen-bond acceptors (Lipinski definition) is 19. The summed E-state index contributed by atoms with van der Waals surface area (Å²) in [7, 11) is 5.19. The Balaban J connectivity index is 0.000000233. The number of aromatic nitrogens is 6. The molecule has 0 aliphatic carbocycles. The summed E-state index contributed by atoms with van der Waals surface area (Å²) in [6.07, 6.45) is 5.04. The number of nitrogens with one attached hydrogen (secondary N) is 1. The number of nitrogen functional groups attached to an aromatic ring is 3. The second kappa shape index (κ2) is 33.6. The second-order valence-corrected chi connectivity index (χ2v) is 22.2. The van der Waals surface area contributed by atoms with E-state index in [2.05, 4.69) is 74.5 Å². The van der Waals surface area contributed by atoms with Crippen LogP contribution in [0.3, 0.4) is 0 Å². The van der Waals surface area contributed by atoms with Crippen molar-refractivity contribution in [3.63, 3.8) is 0 Å². The third-order valence-corrected chi connectivity index (χ3v) is 14.6. The van der Waals surface area contributed by atoms with Gasteiger partial charge in [0.2, 0.25) is 0 Å². The highest BCUT2D eigenvalue weighted by atomic mass is 79.9. The molecule has 0 radical (unpaired) electrons. The van der Waals surface area contributed by atoms with Gasteiger partial charge in [-0.25, -0.2) is 32.9 Å². The van der Waals surface area contributed by atoms with Gasteiger partial charge in [-0.2, -0.15) is 0 Å². The normalized spacial score (nSPS) is 12.9. The Bertz CT molecular complexity index is 3980. The molecular formula is C65H75Br2F3N12O10. The Hall–Kier alpha value is -9.34. The first-order valence-corrected chi connectivity index (χ1v) is 29.7. The molecule has 1 aliphatic rings. The molecule has 0 spiro atoms. The number of hydrogen-bond donors (Lipinski definition) is 5. The van der Waals surface area contributed by atoms with Gasteiger partial charge < -0.3 is 65.2 Å². The van der Waals surface area contributed by atoms with Crippen LogP contribution in [0.4, 0.5) is 30.6 Å². The minimum Gasteiger partial charge on any atom is -0.482 e. The van der Waals surface area contributed by atoms with E-state index in [1.165, 1.54) is 58.5 Å². The number of halogens is 5. The van der Waals surface area contributed by atoms with Crippen molar-refractivity contribution < 1.29 is 60.4 Å². The molecule has 2 bridgehead atoms. The standard InChI is InChI=1S/C21H22BrFN4O3.C21H21FN4O3.C14H12BrFN2O3.C7H12N2O.2CH4/c1-4-15-9-16(30-26-15)11-27(3)21(28)17-6-5-14(23)8-18(17)12(2)29-19-7-13(22)10-25-20(19)24;1-4-16-19-12-7-17(20(23)24-9-12)28-11(2)15-8-13(22)5-6-14(15)21(27)26(3)10-18(19)29-25-16;1-7(21-12-4-8(15)6-18-13(12)17)11-5-9(16)2-3-10(11)14(19)20;1-3-6-4-7(5-8-2)10-9-6;;/h5-10,12H,4,11H2,1-3H3,(H2,24,25);5-9,11H,4,10H2,1-3H3,(H2,23,24);2-7H,1H3,(H2,17,18)(H,19,20);4,8H,3,5H2,1-2H3;2*1H4/t12-;11-;7-;;;/m111.../s1. The minimum atomic E-state index is -1.15. The minimum absolute atomic E-state index is 0. The zero-order valence-electron chi connectivity index (χ0n) is 50.6. The number of carbonyl (C=O) groups is 3. The van der Waals surface area contributed by atoms with Crippen molar-refractivity contribution in [2.24, 2.45) is 0 Å². The summed E-state index contributed by atoms with van der Waals surface area (Å²) >= 11 is 6.56. The number of fused-ring (bicyclic) bond motifs is 5. The number of pyridine rings is 3. The zero-order chi connectivity index (χ0) is 65.5. The molecule has 8 N–H and O–H groups in total. The van der Waals surface area contributed by atoms with Gasteiger partial charge in [0.05, 0.1) is 47.8 Å². The van der Waals surface area contributed by atoms with Crippen LogP contribution in [0.2, 0.25) is 0 Å². The van der Waals surface area contributed by atoms with Gasteiger partial charge in [0.1, 0.15) is 35.8 Å². The van der Waals surface area contributed by atoms with Crippen molar-refractivity contribution >= 4 is 67.1 Å². The molecule has 0 unspecified atom stereocenters. The summed E-state index contributed by atoms with van der Waals surface area (Å²) in [4.78, 5) is 52.6. The smallest absolute Gasteiger partial charge is 0.336 e. The summed E-state index contributed by atoms with van der Waals surface area (Å²) in [5, 5.41) is 24.1. The SMILES string of the molecule is C.C.CCc1cc(CN(C)C(=O)c2ccc(F)cc2[C@@H](C)Oc2cc(Br)cnc2N)on1.CCc1cc(CNC)on1.CCc1noc2c1-c1cnc(N)c(c1)O[C@H](C)c1cc(F)ccc1C(=O)N(C)C2.C[C@@H](Oc1cc(Br)cnc1N)c1cc(F)ccc1C(=O)O. The first-order valence-electron chi connectivity index (χ1n) is 28.1. The number of carboxylic acid groups (broad SMARTS) is 1. The first-order chi connectivity index (χ1) is 42.9. The van der Waals surface area contributed by atoms with E-state index in [4.69, 9.17) is 50.1 Å². The maximum Gasteiger partial charge on any atom is 0.336 e. The van der Waals surface area contributed by atoms with Crippen LogP contribution in [0.25, 0.3) is 11.1 Å². The average molecular weight is 1400 g/mol. The molecule has 22 nitrogen and oxygen atoms in total. The molecule has 0 saturated heterocycles.